The molecule has 5 aromatic rings. The maximum Gasteiger partial charge on any atom is 0.408 e. The highest BCUT2D eigenvalue weighted by atomic mass is 32.2. The number of aromatic amines is 1. The van der Waals surface area contributed by atoms with E-state index in [4.69, 9.17) is 0 Å². The van der Waals surface area contributed by atoms with Crippen LogP contribution in [0.25, 0.3) is 10.8 Å². The molecule has 0 spiro atoms. The van der Waals surface area contributed by atoms with Crippen molar-refractivity contribution in [1.29, 1.82) is 0 Å². The summed E-state index contributed by atoms with van der Waals surface area (Å²) in [6, 6.07) is 4.00. The summed E-state index contributed by atoms with van der Waals surface area (Å²) in [5.74, 6) is -5.06. The van der Waals surface area contributed by atoms with Crippen molar-refractivity contribution in [1.82, 2.24) is 9.78 Å². The molecule has 5 rings (SSSR count). The van der Waals surface area contributed by atoms with Crippen LogP contribution in [0.1, 0.15) is 10.5 Å². The van der Waals surface area contributed by atoms with Crippen molar-refractivity contribution < 1.29 is 90.1 Å². The van der Waals surface area contributed by atoms with Gasteiger partial charge in [0.2, 0.25) is 0 Å². The zero-order valence-corrected chi connectivity index (χ0v) is 33.0. The number of aromatic carboxylic acids is 1. The Morgan fingerprint density at radius 1 is 0.683 bits per heavy atom. The van der Waals surface area contributed by atoms with E-state index in [1.54, 1.807) is 5.10 Å². The molecule has 1 heterocycles. The minimum Gasteiger partial charge on any atom is -0.505 e. The number of nitrogens with one attached hydrogen (secondary N) is 1. The molecule has 0 aliphatic rings. The van der Waals surface area contributed by atoms with Crippen LogP contribution >= 0.6 is 0 Å². The van der Waals surface area contributed by atoms with E-state index in [1.165, 1.54) is 0 Å². The van der Waals surface area contributed by atoms with Gasteiger partial charge in [0.25, 0.3) is 51.7 Å². The van der Waals surface area contributed by atoms with Gasteiger partial charge in [0, 0.05) is 12.1 Å². The molecule has 28 nitrogen and oxygen atoms in total. The molecule has 0 aliphatic carbocycles. The molecule has 0 aliphatic heterocycles. The number of carboxylic acids is 1. The molecule has 63 heavy (non-hydrogen) atoms. The normalized spacial score (nSPS) is 13.2. The molecule has 0 atom stereocenters. The average Bonchev–Trinajstić information content (AvgIpc) is 3.44. The fourth-order valence-corrected chi connectivity index (χ4v) is 7.73. The van der Waals surface area contributed by atoms with Gasteiger partial charge in [-0.15, -0.1) is 25.6 Å². The third kappa shape index (κ3) is 10.2. The maximum absolute atomic E-state index is 12.9. The number of azo groups is 3. The highest BCUT2D eigenvalue weighted by Crippen LogP contribution is 2.50. The first-order valence-corrected chi connectivity index (χ1v) is 21.3. The zero-order valence-electron chi connectivity index (χ0n) is 29.7. The number of nitrogens with zero attached hydrogens (tertiary/aromatic N) is 8. The van der Waals surface area contributed by atoms with Gasteiger partial charge in [-0.2, -0.15) is 52.0 Å². The molecular formula is C28H18F3N9O19S4. The zero-order chi connectivity index (χ0) is 47.4. The van der Waals surface area contributed by atoms with E-state index in [-0.39, 0.29) is 4.68 Å². The number of hydrogen-bond donors (Lipinski definition) is 8. The maximum atomic E-state index is 12.9. The van der Waals surface area contributed by atoms with Crippen molar-refractivity contribution in [2.24, 2.45) is 30.7 Å². The number of phenolic OH excluding ortho intramolecular Hbond substituents is 2. The van der Waals surface area contributed by atoms with Gasteiger partial charge in [-0.25, -0.2) is 9.48 Å². The van der Waals surface area contributed by atoms with Gasteiger partial charge in [-0.3, -0.25) is 38.2 Å². The number of fused-ring (bicyclic) bond motifs is 1. The van der Waals surface area contributed by atoms with E-state index >= 15 is 0 Å². The number of H-pyrrole nitrogens is 1. The molecule has 0 saturated heterocycles. The van der Waals surface area contributed by atoms with Crippen LogP contribution in [-0.4, -0.2) is 94.1 Å². The predicted octanol–water partition coefficient (Wildman–Crippen LogP) is 5.14. The molecule has 0 bridgehead atoms. The molecule has 334 valence electrons. The number of rotatable bonds is 13. The largest absolute Gasteiger partial charge is 0.505 e. The number of nitro groups is 1. The van der Waals surface area contributed by atoms with Gasteiger partial charge in [-0.1, -0.05) is 0 Å². The summed E-state index contributed by atoms with van der Waals surface area (Å²) in [4.78, 5) is 28.5. The van der Waals surface area contributed by atoms with Gasteiger partial charge in [0.15, 0.2) is 22.9 Å². The number of nitro benzene ring substituents is 1. The summed E-state index contributed by atoms with van der Waals surface area (Å²) in [7, 11) is -22.0. The van der Waals surface area contributed by atoms with Crippen LogP contribution in [0.15, 0.2) is 104 Å². The van der Waals surface area contributed by atoms with Gasteiger partial charge < -0.3 is 15.3 Å². The lowest BCUT2D eigenvalue weighted by molar-refractivity contribution is -0.385. The first-order chi connectivity index (χ1) is 28.8. The lowest BCUT2D eigenvalue weighted by Crippen LogP contribution is -2.26. The van der Waals surface area contributed by atoms with Crippen molar-refractivity contribution >= 4 is 97.0 Å². The second-order valence-electron chi connectivity index (χ2n) is 12.0. The second-order valence-corrected chi connectivity index (χ2v) is 17.5. The number of benzene rings is 4. The van der Waals surface area contributed by atoms with Crippen molar-refractivity contribution in [3.8, 4) is 11.5 Å². The first-order valence-electron chi connectivity index (χ1n) is 15.6. The molecule has 0 saturated carbocycles. The third-order valence-electron chi connectivity index (χ3n) is 7.72. The quantitative estimate of drug-likeness (QED) is 0.0327. The fourth-order valence-electron chi connectivity index (χ4n) is 5.13. The van der Waals surface area contributed by atoms with E-state index in [2.05, 4.69) is 30.7 Å². The molecule has 0 fully saturated rings. The van der Waals surface area contributed by atoms with Gasteiger partial charge in [-0.05, 0) is 41.8 Å². The summed E-state index contributed by atoms with van der Waals surface area (Å²) >= 11 is 0. The predicted molar refractivity (Wildman–Crippen MR) is 197 cm³/mol. The van der Waals surface area contributed by atoms with Crippen LogP contribution in [0.4, 0.5) is 53.0 Å². The van der Waals surface area contributed by atoms with Crippen molar-refractivity contribution in [3.05, 3.63) is 74.7 Å². The Hall–Kier alpha value is -7.15. The number of alkyl halides is 3. The van der Waals surface area contributed by atoms with Gasteiger partial charge in [0.05, 0.1) is 16.0 Å². The van der Waals surface area contributed by atoms with E-state index in [0.29, 0.717) is 42.5 Å². The third-order valence-corrected chi connectivity index (χ3v) is 11.2. The lowest BCUT2D eigenvalue weighted by Gasteiger charge is -2.13. The van der Waals surface area contributed by atoms with Crippen LogP contribution in [-0.2, 0) is 47.0 Å². The van der Waals surface area contributed by atoms with Gasteiger partial charge >= 0.3 is 12.1 Å². The minimum absolute atomic E-state index is 0.171. The Bertz CT molecular complexity index is 3420. The molecule has 35 heteroatoms. The van der Waals surface area contributed by atoms with Crippen LogP contribution < -0.4 is 5.56 Å². The number of aromatic nitrogens is 2. The number of aromatic hydroxyl groups is 2. The van der Waals surface area contributed by atoms with Crippen LogP contribution in [0.2, 0.25) is 0 Å². The number of non-ortho nitro benzene ring substituents is 1. The Labute approximate surface area is 345 Å². The number of hydrogen-bond acceptors (Lipinski definition) is 20. The number of carbonyl (C=O) groups is 1. The number of carboxylic acid groups (broad SMARTS) is 1. The van der Waals surface area contributed by atoms with Crippen LogP contribution in [0.3, 0.4) is 0 Å². The van der Waals surface area contributed by atoms with Crippen molar-refractivity contribution in [3.63, 3.8) is 0 Å². The lowest BCUT2D eigenvalue weighted by atomic mass is 10.1. The summed E-state index contributed by atoms with van der Waals surface area (Å²) in [5.41, 5.74) is -10.2. The standard InChI is InChI=1S/C28H18F3N9O19S4/c29-28(30,31)9-39-26(43)22(23(38-39)27(44)45)37-32-11-1-3-13(15(7-11)60(48,49)50)33-35-20-17(62(54,55)56)5-10-6-18(63(57,58)59)21(25(42)19(10)24(20)41)36-34-14-4-2-12(40(46)47)8-16(14)61(51,52)53/h1-8,38,41-42H,9H2,(H,44,45)(H,48,49,50)(H,51,52,53)(H,54,55,56)(H,57,58,59). The Morgan fingerprint density at radius 2 is 1.13 bits per heavy atom. The van der Waals surface area contributed by atoms with Gasteiger partial charge in [0.1, 0.15) is 48.9 Å². The van der Waals surface area contributed by atoms with E-state index in [0.717, 1.165) is 6.07 Å². The molecule has 0 radical (unpaired) electrons. The van der Waals surface area contributed by atoms with E-state index in [9.17, 15) is 100 Å². The summed E-state index contributed by atoms with van der Waals surface area (Å²) in [6.07, 6.45) is -5.01. The average molecular weight is 970 g/mol. The van der Waals surface area contributed by atoms with Crippen LogP contribution in [0, 0.1) is 10.1 Å². The monoisotopic (exact) mass is 969 g/mol. The molecule has 0 unspecified atom stereocenters. The van der Waals surface area contributed by atoms with Crippen molar-refractivity contribution in [2.75, 3.05) is 0 Å². The number of halogens is 3. The highest BCUT2D eigenvalue weighted by Gasteiger charge is 2.32. The molecule has 1 aromatic heterocycles. The van der Waals surface area contributed by atoms with Crippen molar-refractivity contribution in [2.45, 2.75) is 32.3 Å². The Morgan fingerprint density at radius 3 is 1.56 bits per heavy atom. The first kappa shape index (κ1) is 46.9. The minimum atomic E-state index is -5.61. The van der Waals surface area contributed by atoms with E-state index < -0.39 is 157 Å². The molecule has 8 N–H and O–H groups in total. The Kier molecular flexibility index (Phi) is 12.1. The smallest absolute Gasteiger partial charge is 0.408 e. The SMILES string of the molecule is O=C(O)c1[nH]n(CC(F)(F)F)c(=O)c1N=Nc1ccc(N=Nc2c(S(=O)(=O)O)cc3cc(S(=O)(=O)O)c(N=Nc4ccc([N+](=O)[O-])cc4S(=O)(=O)O)c(O)c3c2O)c(S(=O)(=O)O)c1. The summed E-state index contributed by atoms with van der Waals surface area (Å²) < 4.78 is 176. The van der Waals surface area contributed by atoms with E-state index in [1.807, 2.05) is 0 Å². The number of phenols is 2. The van der Waals surface area contributed by atoms with Crippen LogP contribution in [0.5, 0.6) is 11.5 Å². The molecule has 0 amide bonds. The Balaban J connectivity index is 1.69. The summed E-state index contributed by atoms with van der Waals surface area (Å²) in [5, 5.41) is 62.7. The molecular weight excluding hydrogens is 952 g/mol. The second kappa shape index (κ2) is 16.3. The highest BCUT2D eigenvalue weighted by molar-refractivity contribution is 7.86. The molecule has 4 aromatic carbocycles. The summed E-state index contributed by atoms with van der Waals surface area (Å²) in [6.45, 7) is -1.98. The fraction of sp³-hybridized carbons (Fsp3) is 0.0714. The topological polar surface area (TPSA) is 450 Å².